The topological polar surface area (TPSA) is 12.0 Å². The molecule has 0 radical (unpaired) electrons. The van der Waals surface area contributed by atoms with E-state index in [1.807, 2.05) is 25.2 Å². The van der Waals surface area contributed by atoms with E-state index in [2.05, 4.69) is 62.0 Å². The zero-order valence-corrected chi connectivity index (χ0v) is 16.0. The van der Waals surface area contributed by atoms with Crippen LogP contribution in [0.1, 0.15) is 17.2 Å². The van der Waals surface area contributed by atoms with Crippen molar-refractivity contribution in [3.63, 3.8) is 0 Å². The third kappa shape index (κ3) is 4.10. The maximum Gasteiger partial charge on any atom is 0.0595 e. The van der Waals surface area contributed by atoms with E-state index in [1.54, 1.807) is 0 Å². The maximum atomic E-state index is 6.08. The summed E-state index contributed by atoms with van der Waals surface area (Å²) in [6.07, 6.45) is 0.853. The molecule has 0 heterocycles. The van der Waals surface area contributed by atoms with Gasteiger partial charge in [0.2, 0.25) is 0 Å². The van der Waals surface area contributed by atoms with E-state index in [4.69, 9.17) is 23.2 Å². The zero-order valence-electron chi connectivity index (χ0n) is 10.8. The molecule has 0 aliphatic heterocycles. The molecule has 0 fully saturated rings. The highest BCUT2D eigenvalue weighted by molar-refractivity contribution is 14.1. The van der Waals surface area contributed by atoms with Crippen LogP contribution in [0.15, 0.2) is 40.9 Å². The Labute approximate surface area is 151 Å². The molecule has 1 nitrogen and oxygen atoms in total. The van der Waals surface area contributed by atoms with Crippen molar-refractivity contribution >= 4 is 61.7 Å². The molecule has 2 aromatic carbocycles. The summed E-state index contributed by atoms with van der Waals surface area (Å²) in [6.45, 7) is 0. The molecule has 1 unspecified atom stereocenters. The maximum absolute atomic E-state index is 6.08. The van der Waals surface area contributed by atoms with Crippen molar-refractivity contribution in [2.45, 2.75) is 12.5 Å². The highest BCUT2D eigenvalue weighted by atomic mass is 127. The third-order valence-electron chi connectivity index (χ3n) is 3.11. The first kappa shape index (κ1) is 16.6. The second kappa shape index (κ2) is 7.45. The lowest BCUT2D eigenvalue weighted by atomic mass is 9.99. The molecular weight excluding hydrogens is 472 g/mol. The minimum absolute atomic E-state index is 0.219. The van der Waals surface area contributed by atoms with Crippen molar-refractivity contribution in [2.75, 3.05) is 7.05 Å². The van der Waals surface area contributed by atoms with Crippen LogP contribution in [-0.4, -0.2) is 7.05 Å². The van der Waals surface area contributed by atoms with Crippen LogP contribution in [0.2, 0.25) is 10.0 Å². The van der Waals surface area contributed by atoms with Gasteiger partial charge in [0.1, 0.15) is 0 Å². The van der Waals surface area contributed by atoms with E-state index in [-0.39, 0.29) is 6.04 Å². The normalized spacial score (nSPS) is 12.4. The molecular formula is C15H13BrCl2IN. The lowest BCUT2D eigenvalue weighted by Gasteiger charge is -2.19. The monoisotopic (exact) mass is 483 g/mol. The summed E-state index contributed by atoms with van der Waals surface area (Å²) in [7, 11) is 1.97. The SMILES string of the molecule is CNC(Cc1ccc(Cl)c(Cl)c1)c1cc(I)ccc1Br. The number of benzene rings is 2. The molecule has 0 aliphatic carbocycles. The van der Waals surface area contributed by atoms with E-state index in [0.717, 1.165) is 16.5 Å². The molecule has 2 rings (SSSR count). The lowest BCUT2D eigenvalue weighted by molar-refractivity contribution is 0.589. The predicted octanol–water partition coefficient (Wildman–Crippen LogP) is 5.86. The van der Waals surface area contributed by atoms with Crippen molar-refractivity contribution in [2.24, 2.45) is 0 Å². The van der Waals surface area contributed by atoms with Gasteiger partial charge < -0.3 is 5.32 Å². The average Bonchev–Trinajstić information content (AvgIpc) is 2.43. The molecule has 5 heteroatoms. The van der Waals surface area contributed by atoms with Crippen LogP contribution in [0.3, 0.4) is 0 Å². The van der Waals surface area contributed by atoms with Gasteiger partial charge in [-0.1, -0.05) is 45.2 Å². The van der Waals surface area contributed by atoms with Gasteiger partial charge in [-0.15, -0.1) is 0 Å². The van der Waals surface area contributed by atoms with Crippen molar-refractivity contribution in [1.29, 1.82) is 0 Å². The molecule has 0 saturated heterocycles. The summed E-state index contributed by atoms with van der Waals surface area (Å²) in [5.41, 5.74) is 2.40. The molecule has 0 amide bonds. The molecule has 20 heavy (non-hydrogen) atoms. The van der Waals surface area contributed by atoms with Gasteiger partial charge >= 0.3 is 0 Å². The van der Waals surface area contributed by atoms with Gasteiger partial charge in [-0.05, 0) is 77.5 Å². The van der Waals surface area contributed by atoms with Gasteiger partial charge in [-0.3, -0.25) is 0 Å². The van der Waals surface area contributed by atoms with Gasteiger partial charge in [0, 0.05) is 14.1 Å². The van der Waals surface area contributed by atoms with Crippen LogP contribution in [0.5, 0.6) is 0 Å². The fourth-order valence-electron chi connectivity index (χ4n) is 2.05. The highest BCUT2D eigenvalue weighted by Gasteiger charge is 2.14. The van der Waals surface area contributed by atoms with Crippen LogP contribution in [-0.2, 0) is 6.42 Å². The van der Waals surface area contributed by atoms with Crippen LogP contribution in [0, 0.1) is 3.57 Å². The first-order valence-corrected chi connectivity index (χ1v) is 8.70. The Morgan fingerprint density at radius 2 is 1.90 bits per heavy atom. The van der Waals surface area contributed by atoms with E-state index >= 15 is 0 Å². The first-order valence-electron chi connectivity index (χ1n) is 6.07. The summed E-state index contributed by atoms with van der Waals surface area (Å²) in [5.74, 6) is 0. The number of hydrogen-bond donors (Lipinski definition) is 1. The minimum Gasteiger partial charge on any atom is -0.313 e. The summed E-state index contributed by atoms with van der Waals surface area (Å²) < 4.78 is 2.33. The molecule has 1 atom stereocenters. The van der Waals surface area contributed by atoms with Crippen LogP contribution < -0.4 is 5.32 Å². The Balaban J connectivity index is 2.28. The summed E-state index contributed by atoms with van der Waals surface area (Å²) in [5, 5.41) is 4.55. The van der Waals surface area contributed by atoms with Gasteiger partial charge in [0.05, 0.1) is 10.0 Å². The van der Waals surface area contributed by atoms with E-state index in [9.17, 15) is 0 Å². The molecule has 0 saturated carbocycles. The standard InChI is InChI=1S/C15H13BrCl2IN/c1-20-15(11-8-10(19)3-4-12(11)16)7-9-2-5-13(17)14(18)6-9/h2-6,8,15,20H,7H2,1H3. The van der Waals surface area contributed by atoms with Gasteiger partial charge in [0.15, 0.2) is 0 Å². The molecule has 2 aromatic rings. The fourth-order valence-corrected chi connectivity index (χ4v) is 3.41. The fraction of sp³-hybridized carbons (Fsp3) is 0.200. The van der Waals surface area contributed by atoms with Gasteiger partial charge in [0.25, 0.3) is 0 Å². The Bertz CT molecular complexity index is 619. The Morgan fingerprint density at radius 3 is 2.55 bits per heavy atom. The second-order valence-corrected chi connectivity index (χ2v) is 7.37. The van der Waals surface area contributed by atoms with Crippen LogP contribution in [0.25, 0.3) is 0 Å². The number of likely N-dealkylation sites (N-methyl/N-ethyl adjacent to an activating group) is 1. The van der Waals surface area contributed by atoms with Crippen molar-refractivity contribution < 1.29 is 0 Å². The molecule has 0 aromatic heterocycles. The van der Waals surface area contributed by atoms with Crippen LogP contribution in [0.4, 0.5) is 0 Å². The van der Waals surface area contributed by atoms with Gasteiger partial charge in [-0.25, -0.2) is 0 Å². The average molecular weight is 485 g/mol. The lowest BCUT2D eigenvalue weighted by Crippen LogP contribution is -2.19. The quantitative estimate of drug-likeness (QED) is 0.536. The van der Waals surface area contributed by atoms with Crippen molar-refractivity contribution in [1.82, 2.24) is 5.32 Å². The molecule has 1 N–H and O–H groups in total. The summed E-state index contributed by atoms with van der Waals surface area (Å²) >= 11 is 18.0. The largest absolute Gasteiger partial charge is 0.313 e. The number of rotatable bonds is 4. The number of halogens is 4. The van der Waals surface area contributed by atoms with E-state index in [1.165, 1.54) is 9.13 Å². The Hall–Kier alpha value is 0.190. The van der Waals surface area contributed by atoms with Crippen molar-refractivity contribution in [3.05, 3.63) is 65.6 Å². The third-order valence-corrected chi connectivity index (χ3v) is 5.24. The van der Waals surface area contributed by atoms with Gasteiger partial charge in [-0.2, -0.15) is 0 Å². The van der Waals surface area contributed by atoms with E-state index < -0.39 is 0 Å². The van der Waals surface area contributed by atoms with E-state index in [0.29, 0.717) is 10.0 Å². The van der Waals surface area contributed by atoms with Crippen LogP contribution >= 0.6 is 61.7 Å². The summed E-state index contributed by atoms with van der Waals surface area (Å²) in [6, 6.07) is 12.3. The Kier molecular flexibility index (Phi) is 6.17. The molecule has 0 aliphatic rings. The Morgan fingerprint density at radius 1 is 1.15 bits per heavy atom. The molecule has 106 valence electrons. The first-order chi connectivity index (χ1) is 9.51. The second-order valence-electron chi connectivity index (χ2n) is 4.46. The zero-order chi connectivity index (χ0) is 14.7. The summed E-state index contributed by atoms with van der Waals surface area (Å²) in [4.78, 5) is 0. The predicted molar refractivity (Wildman–Crippen MR) is 98.8 cm³/mol. The highest BCUT2D eigenvalue weighted by Crippen LogP contribution is 2.29. The van der Waals surface area contributed by atoms with Crippen molar-refractivity contribution in [3.8, 4) is 0 Å². The molecule has 0 bridgehead atoms. The number of nitrogens with one attached hydrogen (secondary N) is 1. The number of hydrogen-bond acceptors (Lipinski definition) is 1. The smallest absolute Gasteiger partial charge is 0.0595 e. The molecule has 0 spiro atoms. The minimum atomic E-state index is 0.219.